The third-order valence-corrected chi connectivity index (χ3v) is 10.4. The molecule has 1 unspecified atom stereocenters. The van der Waals surface area contributed by atoms with Gasteiger partial charge in [-0.05, 0) is 56.7 Å². The van der Waals surface area contributed by atoms with Gasteiger partial charge in [0.2, 0.25) is 0 Å². The maximum absolute atomic E-state index is 6.95. The summed E-state index contributed by atoms with van der Waals surface area (Å²) in [4.78, 5) is 0. The van der Waals surface area contributed by atoms with Gasteiger partial charge in [-0.2, -0.15) is 0 Å². The number of terminal acetylenes is 1. The van der Waals surface area contributed by atoms with E-state index < -0.39 is 13.9 Å². The second-order valence-electron chi connectivity index (χ2n) is 7.68. The molecule has 0 radical (unpaired) electrons. The highest BCUT2D eigenvalue weighted by molar-refractivity contribution is 6.73. The fourth-order valence-electron chi connectivity index (χ4n) is 3.49. The lowest BCUT2D eigenvalue weighted by molar-refractivity contribution is 0.0991. The highest BCUT2D eigenvalue weighted by Crippen LogP contribution is 2.33. The minimum atomic E-state index is -1.77. The number of rotatable bonds is 16. The molecule has 0 amide bonds. The summed E-state index contributed by atoms with van der Waals surface area (Å²) in [5.41, 5.74) is -0.403. The molecule has 0 rings (SSSR count). The second kappa shape index (κ2) is 16.7. The van der Waals surface area contributed by atoms with Crippen LogP contribution in [0, 0.1) is 24.2 Å². The first-order valence-electron chi connectivity index (χ1n) is 11.5. The van der Waals surface area contributed by atoms with Crippen LogP contribution in [0.15, 0.2) is 24.8 Å². The molecule has 0 aliphatic heterocycles. The Bertz CT molecular complexity index is 519. The second-order valence-corrected chi connectivity index (χ2v) is 12.4. The summed E-state index contributed by atoms with van der Waals surface area (Å²) in [6, 6.07) is 3.40. The van der Waals surface area contributed by atoms with Crippen LogP contribution in [0.4, 0.5) is 0 Å². The van der Waals surface area contributed by atoms with Crippen LogP contribution in [0.5, 0.6) is 0 Å². The molecule has 0 bridgehead atoms. The summed E-state index contributed by atoms with van der Waals surface area (Å²) < 4.78 is 6.95. The van der Waals surface area contributed by atoms with E-state index >= 15 is 0 Å². The third kappa shape index (κ3) is 10.9. The van der Waals surface area contributed by atoms with Gasteiger partial charge in [0, 0.05) is 12.8 Å². The number of unbranched alkanes of at least 4 members (excludes halogenated alkanes) is 4. The van der Waals surface area contributed by atoms with Gasteiger partial charge in [-0.3, -0.25) is 0 Å². The van der Waals surface area contributed by atoms with E-state index in [1.165, 1.54) is 25.7 Å². The van der Waals surface area contributed by atoms with Crippen LogP contribution in [0.3, 0.4) is 0 Å². The summed E-state index contributed by atoms with van der Waals surface area (Å²) >= 11 is 0. The maximum Gasteiger partial charge on any atom is 0.194 e. The van der Waals surface area contributed by atoms with Gasteiger partial charge in [-0.25, -0.2) is 0 Å². The zero-order chi connectivity index (χ0) is 21.1. The van der Waals surface area contributed by atoms with Gasteiger partial charge < -0.3 is 4.43 Å². The quantitative estimate of drug-likeness (QED) is 0.110. The Kier molecular flexibility index (Phi) is 16.0. The van der Waals surface area contributed by atoms with Crippen LogP contribution >= 0.6 is 0 Å². The van der Waals surface area contributed by atoms with Crippen molar-refractivity contribution >= 4 is 8.32 Å². The standard InChI is InChI=1S/C26H44OSi/c1-7-13-16-17-18-19-20-21-22-25-26(23-14-8-2,24-15-9-3)27-28(10-4,11-5)12-6/h2,9,18-19H,3,7,10-17,20-21,23-24H2,1,4-6H3/b19-18-. The summed E-state index contributed by atoms with van der Waals surface area (Å²) in [5, 5.41) is 0. The van der Waals surface area contributed by atoms with Gasteiger partial charge in [0.15, 0.2) is 8.32 Å². The smallest absolute Gasteiger partial charge is 0.194 e. The van der Waals surface area contributed by atoms with E-state index in [0.717, 1.165) is 50.2 Å². The van der Waals surface area contributed by atoms with Crippen molar-refractivity contribution < 1.29 is 4.43 Å². The van der Waals surface area contributed by atoms with E-state index in [0.29, 0.717) is 6.42 Å². The molecule has 158 valence electrons. The highest BCUT2D eigenvalue weighted by Gasteiger charge is 2.39. The predicted molar refractivity (Wildman–Crippen MR) is 129 cm³/mol. The summed E-state index contributed by atoms with van der Waals surface area (Å²) in [6.45, 7) is 13.0. The fourth-order valence-corrected chi connectivity index (χ4v) is 6.51. The first kappa shape index (κ1) is 26.8. The summed E-state index contributed by atoms with van der Waals surface area (Å²) in [5.74, 6) is 9.80. The van der Waals surface area contributed by atoms with E-state index in [1.807, 2.05) is 6.08 Å². The van der Waals surface area contributed by atoms with Crippen molar-refractivity contribution in [3.63, 3.8) is 0 Å². The van der Waals surface area contributed by atoms with Crippen molar-refractivity contribution in [2.24, 2.45) is 0 Å². The van der Waals surface area contributed by atoms with E-state index in [2.05, 4.69) is 64.2 Å². The summed E-state index contributed by atoms with van der Waals surface area (Å²) in [6.07, 6.45) is 22.5. The minimum Gasteiger partial charge on any atom is -0.401 e. The van der Waals surface area contributed by atoms with Crippen LogP contribution in [0.1, 0.15) is 91.9 Å². The molecule has 0 aliphatic carbocycles. The molecule has 0 aliphatic rings. The van der Waals surface area contributed by atoms with Gasteiger partial charge in [0.05, 0.1) is 0 Å². The highest BCUT2D eigenvalue weighted by atomic mass is 28.4. The Hall–Kier alpha value is -1.22. The average Bonchev–Trinajstić information content (AvgIpc) is 2.73. The fraction of sp³-hybridized carbons (Fsp3) is 0.692. The average molecular weight is 401 g/mol. The molecule has 0 spiro atoms. The number of allylic oxidation sites excluding steroid dienone is 3. The predicted octanol–water partition coefficient (Wildman–Crippen LogP) is 8.05. The van der Waals surface area contributed by atoms with E-state index in [4.69, 9.17) is 10.8 Å². The first-order valence-corrected chi connectivity index (χ1v) is 14.0. The zero-order valence-corrected chi connectivity index (χ0v) is 20.1. The van der Waals surface area contributed by atoms with Gasteiger partial charge in [-0.1, -0.05) is 70.6 Å². The molecule has 0 saturated heterocycles. The molecule has 0 saturated carbocycles. The van der Waals surface area contributed by atoms with Crippen LogP contribution in [0.2, 0.25) is 18.1 Å². The molecule has 2 heteroatoms. The Morgan fingerprint density at radius 2 is 1.61 bits per heavy atom. The topological polar surface area (TPSA) is 9.23 Å². The maximum atomic E-state index is 6.95. The van der Waals surface area contributed by atoms with Crippen molar-refractivity contribution in [3.8, 4) is 24.2 Å². The van der Waals surface area contributed by atoms with Crippen molar-refractivity contribution in [1.29, 1.82) is 0 Å². The van der Waals surface area contributed by atoms with Gasteiger partial charge in [0.1, 0.15) is 5.60 Å². The molecule has 0 aromatic heterocycles. The van der Waals surface area contributed by atoms with E-state index in [1.54, 1.807) is 0 Å². The van der Waals surface area contributed by atoms with E-state index in [-0.39, 0.29) is 0 Å². The lowest BCUT2D eigenvalue weighted by Gasteiger charge is -2.39. The first-order chi connectivity index (χ1) is 13.6. The molecule has 28 heavy (non-hydrogen) atoms. The monoisotopic (exact) mass is 400 g/mol. The summed E-state index contributed by atoms with van der Waals surface area (Å²) in [7, 11) is -1.77. The molecular formula is C26H44OSi. The van der Waals surface area contributed by atoms with Crippen molar-refractivity contribution in [3.05, 3.63) is 24.8 Å². The SMILES string of the molecule is C#CCCC(C#CCC/C=C\CCCCC)(CCC=C)O[Si](CC)(CC)CC. The lowest BCUT2D eigenvalue weighted by Crippen LogP contribution is -2.46. The van der Waals surface area contributed by atoms with Gasteiger partial charge >= 0.3 is 0 Å². The Balaban J connectivity index is 5.20. The van der Waals surface area contributed by atoms with Crippen molar-refractivity contribution in [1.82, 2.24) is 0 Å². The molecule has 0 fully saturated rings. The normalized spacial score (nSPS) is 13.5. The van der Waals surface area contributed by atoms with Gasteiger partial charge in [0.25, 0.3) is 0 Å². The molecular weight excluding hydrogens is 356 g/mol. The van der Waals surface area contributed by atoms with Crippen LogP contribution < -0.4 is 0 Å². The number of hydrogen-bond donors (Lipinski definition) is 0. The molecule has 1 nitrogen and oxygen atoms in total. The minimum absolute atomic E-state index is 0.403. The molecule has 0 N–H and O–H groups in total. The van der Waals surface area contributed by atoms with Crippen LogP contribution in [-0.4, -0.2) is 13.9 Å². The van der Waals surface area contributed by atoms with E-state index in [9.17, 15) is 0 Å². The zero-order valence-electron chi connectivity index (χ0n) is 19.1. The largest absolute Gasteiger partial charge is 0.401 e. The Morgan fingerprint density at radius 3 is 2.18 bits per heavy atom. The third-order valence-electron chi connectivity index (χ3n) is 5.66. The van der Waals surface area contributed by atoms with Crippen LogP contribution in [-0.2, 0) is 4.43 Å². The molecule has 1 atom stereocenters. The number of hydrogen-bond acceptors (Lipinski definition) is 1. The van der Waals surface area contributed by atoms with Crippen molar-refractivity contribution in [2.45, 2.75) is 116 Å². The lowest BCUT2D eigenvalue weighted by atomic mass is 9.92. The van der Waals surface area contributed by atoms with Crippen molar-refractivity contribution in [2.75, 3.05) is 0 Å². The Labute approximate surface area is 177 Å². The van der Waals surface area contributed by atoms with Gasteiger partial charge in [-0.15, -0.1) is 18.9 Å². The molecule has 0 aromatic carbocycles. The van der Waals surface area contributed by atoms with Crippen LogP contribution in [0.25, 0.3) is 0 Å². The molecule has 0 aromatic rings. The Morgan fingerprint density at radius 1 is 0.929 bits per heavy atom. The molecule has 0 heterocycles.